The van der Waals surface area contributed by atoms with Crippen LogP contribution >= 0.6 is 0 Å². The van der Waals surface area contributed by atoms with Crippen LogP contribution in [0.3, 0.4) is 0 Å². The molecule has 1 aliphatic carbocycles. The van der Waals surface area contributed by atoms with Crippen LogP contribution in [0.5, 0.6) is 0 Å². The number of nitrogen functional groups attached to an aromatic ring is 1. The number of fused-ring (bicyclic) bond motifs is 1. The summed E-state index contributed by atoms with van der Waals surface area (Å²) in [5.74, 6) is 1.27. The van der Waals surface area contributed by atoms with Crippen molar-refractivity contribution in [3.8, 4) is 0 Å². The highest BCUT2D eigenvalue weighted by Gasteiger charge is 2.23. The molecule has 0 bridgehead atoms. The van der Waals surface area contributed by atoms with E-state index in [0.29, 0.717) is 30.6 Å². The Hall–Kier alpha value is -2.11. The molecule has 1 saturated carbocycles. The van der Waals surface area contributed by atoms with Crippen LogP contribution in [0.1, 0.15) is 36.3 Å². The fourth-order valence-corrected chi connectivity index (χ4v) is 2.69. The zero-order valence-corrected chi connectivity index (χ0v) is 12.7. The van der Waals surface area contributed by atoms with E-state index in [2.05, 4.69) is 19.9 Å². The van der Waals surface area contributed by atoms with Gasteiger partial charge in [-0.1, -0.05) is 0 Å². The summed E-state index contributed by atoms with van der Waals surface area (Å²) in [5, 5.41) is 3.91. The van der Waals surface area contributed by atoms with Gasteiger partial charge < -0.3 is 15.6 Å². The molecule has 0 atom stereocenters. The average molecular weight is 287 g/mol. The smallest absolute Gasteiger partial charge is 0.222 e. The van der Waals surface area contributed by atoms with E-state index in [1.165, 1.54) is 0 Å². The van der Waals surface area contributed by atoms with E-state index in [1.807, 2.05) is 20.8 Å². The lowest BCUT2D eigenvalue weighted by Crippen LogP contribution is -2.26. The van der Waals surface area contributed by atoms with Gasteiger partial charge in [0, 0.05) is 24.7 Å². The van der Waals surface area contributed by atoms with Gasteiger partial charge in [-0.15, -0.1) is 0 Å². The molecule has 6 nitrogen and oxygen atoms in total. The zero-order chi connectivity index (χ0) is 15.1. The van der Waals surface area contributed by atoms with E-state index >= 15 is 0 Å². The largest absolute Gasteiger partial charge is 0.383 e. The van der Waals surface area contributed by atoms with E-state index in [9.17, 15) is 4.79 Å². The number of amides is 1. The molecular weight excluding hydrogens is 266 g/mol. The third kappa shape index (κ3) is 2.57. The molecule has 3 rings (SSSR count). The van der Waals surface area contributed by atoms with Gasteiger partial charge in [0.15, 0.2) is 0 Å². The lowest BCUT2D eigenvalue weighted by Gasteiger charge is -2.08. The van der Waals surface area contributed by atoms with Gasteiger partial charge in [-0.05, 0) is 39.2 Å². The Morgan fingerprint density at radius 3 is 2.71 bits per heavy atom. The number of carbonyl (C=O) groups is 1. The Bertz CT molecular complexity index is 715. The van der Waals surface area contributed by atoms with Crippen molar-refractivity contribution < 1.29 is 4.79 Å². The molecule has 0 radical (unpaired) electrons. The number of aryl methyl sites for hydroxylation is 3. The Morgan fingerprint density at radius 2 is 2.05 bits per heavy atom. The van der Waals surface area contributed by atoms with Crippen LogP contribution in [0.2, 0.25) is 0 Å². The Labute approximate surface area is 123 Å². The highest BCUT2D eigenvalue weighted by molar-refractivity contribution is 5.91. The molecule has 2 aromatic rings. The minimum atomic E-state index is 0.107. The molecular formula is C15H21N5O. The molecule has 1 fully saturated rings. The lowest BCUT2D eigenvalue weighted by atomic mass is 10.2. The fourth-order valence-electron chi connectivity index (χ4n) is 2.69. The molecule has 6 heteroatoms. The summed E-state index contributed by atoms with van der Waals surface area (Å²) in [6.07, 6.45) is 2.68. The van der Waals surface area contributed by atoms with Crippen molar-refractivity contribution in [2.75, 3.05) is 5.73 Å². The molecule has 1 amide bonds. The standard InChI is InChI=1S/C15H21N5O/c1-8-9(2)20(7-6-12(21)19-11-4-5-11)15-13(8)14(16)17-10(3)18-15/h11H,4-7H2,1-3H3,(H,19,21)(H2,16,17,18). The molecule has 21 heavy (non-hydrogen) atoms. The topological polar surface area (TPSA) is 85.8 Å². The zero-order valence-electron chi connectivity index (χ0n) is 12.7. The van der Waals surface area contributed by atoms with Gasteiger partial charge in [0.2, 0.25) is 5.91 Å². The number of nitrogens with one attached hydrogen (secondary N) is 1. The summed E-state index contributed by atoms with van der Waals surface area (Å²) in [4.78, 5) is 20.6. The first kappa shape index (κ1) is 13.9. The Morgan fingerprint density at radius 1 is 1.33 bits per heavy atom. The van der Waals surface area contributed by atoms with Gasteiger partial charge in [-0.2, -0.15) is 0 Å². The highest BCUT2D eigenvalue weighted by atomic mass is 16.1. The first-order valence-electron chi connectivity index (χ1n) is 7.36. The maximum Gasteiger partial charge on any atom is 0.222 e. The van der Waals surface area contributed by atoms with Gasteiger partial charge >= 0.3 is 0 Å². The molecule has 2 heterocycles. The first-order chi connectivity index (χ1) is 9.97. The predicted octanol–water partition coefficient (Wildman–Crippen LogP) is 1.61. The van der Waals surface area contributed by atoms with Crippen molar-refractivity contribution in [2.24, 2.45) is 0 Å². The van der Waals surface area contributed by atoms with Crippen LogP contribution in [0.25, 0.3) is 11.0 Å². The van der Waals surface area contributed by atoms with E-state index in [1.54, 1.807) is 0 Å². The first-order valence-corrected chi connectivity index (χ1v) is 7.36. The highest BCUT2D eigenvalue weighted by Crippen LogP contribution is 2.28. The van der Waals surface area contributed by atoms with E-state index < -0.39 is 0 Å². The molecule has 0 unspecified atom stereocenters. The number of carbonyl (C=O) groups excluding carboxylic acids is 1. The summed E-state index contributed by atoms with van der Waals surface area (Å²) in [7, 11) is 0. The van der Waals surface area contributed by atoms with Crippen molar-refractivity contribution in [2.45, 2.75) is 52.6 Å². The van der Waals surface area contributed by atoms with Crippen molar-refractivity contribution >= 4 is 22.8 Å². The summed E-state index contributed by atoms with van der Waals surface area (Å²) in [5.41, 5.74) is 9.04. The van der Waals surface area contributed by atoms with Crippen molar-refractivity contribution in [1.82, 2.24) is 19.9 Å². The quantitative estimate of drug-likeness (QED) is 0.894. The van der Waals surface area contributed by atoms with Crippen LogP contribution in [0.15, 0.2) is 0 Å². The SMILES string of the molecule is Cc1nc(N)c2c(C)c(C)n(CCC(=O)NC3CC3)c2n1. The van der Waals surface area contributed by atoms with Crippen molar-refractivity contribution in [3.05, 3.63) is 17.1 Å². The molecule has 0 aromatic carbocycles. The molecule has 0 aliphatic heterocycles. The van der Waals surface area contributed by atoms with Crippen molar-refractivity contribution in [1.29, 1.82) is 0 Å². The minimum Gasteiger partial charge on any atom is -0.383 e. The third-order valence-corrected chi connectivity index (χ3v) is 4.11. The Kier molecular flexibility index (Phi) is 3.31. The summed E-state index contributed by atoms with van der Waals surface area (Å²) in [6.45, 7) is 6.50. The maximum atomic E-state index is 11.9. The second-order valence-corrected chi connectivity index (χ2v) is 5.81. The molecule has 3 N–H and O–H groups in total. The van der Waals surface area contributed by atoms with E-state index in [4.69, 9.17) is 5.73 Å². The molecule has 0 spiro atoms. The third-order valence-electron chi connectivity index (χ3n) is 4.11. The molecule has 112 valence electrons. The van der Waals surface area contributed by atoms with Crippen LogP contribution < -0.4 is 11.1 Å². The summed E-state index contributed by atoms with van der Waals surface area (Å²) < 4.78 is 2.07. The number of hydrogen-bond acceptors (Lipinski definition) is 4. The normalized spacial score (nSPS) is 14.6. The number of nitrogens with zero attached hydrogens (tertiary/aromatic N) is 3. The summed E-state index contributed by atoms with van der Waals surface area (Å²) in [6, 6.07) is 0.405. The minimum absolute atomic E-state index is 0.107. The van der Waals surface area contributed by atoms with Crippen LogP contribution in [0, 0.1) is 20.8 Å². The predicted molar refractivity (Wildman–Crippen MR) is 81.9 cm³/mol. The van der Waals surface area contributed by atoms with Gasteiger partial charge in [0.1, 0.15) is 17.3 Å². The Balaban J connectivity index is 1.90. The van der Waals surface area contributed by atoms with Gasteiger partial charge in [-0.25, -0.2) is 9.97 Å². The number of aromatic nitrogens is 3. The molecule has 2 aromatic heterocycles. The molecule has 1 aliphatic rings. The number of hydrogen-bond donors (Lipinski definition) is 2. The second-order valence-electron chi connectivity index (χ2n) is 5.81. The van der Waals surface area contributed by atoms with Gasteiger partial charge in [0.25, 0.3) is 0 Å². The second kappa shape index (κ2) is 5.02. The average Bonchev–Trinajstić information content (AvgIpc) is 3.17. The maximum absolute atomic E-state index is 11.9. The molecule has 0 saturated heterocycles. The van der Waals surface area contributed by atoms with Gasteiger partial charge in [0.05, 0.1) is 5.39 Å². The van der Waals surface area contributed by atoms with E-state index in [0.717, 1.165) is 35.1 Å². The summed E-state index contributed by atoms with van der Waals surface area (Å²) >= 11 is 0. The fraction of sp³-hybridized carbons (Fsp3) is 0.533. The number of anilines is 1. The monoisotopic (exact) mass is 287 g/mol. The number of rotatable bonds is 4. The van der Waals surface area contributed by atoms with E-state index in [-0.39, 0.29) is 5.91 Å². The number of nitrogens with two attached hydrogens (primary N) is 1. The van der Waals surface area contributed by atoms with Crippen molar-refractivity contribution in [3.63, 3.8) is 0 Å². The van der Waals surface area contributed by atoms with Crippen LogP contribution in [-0.4, -0.2) is 26.5 Å². The van der Waals surface area contributed by atoms with Crippen LogP contribution in [0.4, 0.5) is 5.82 Å². The van der Waals surface area contributed by atoms with Crippen LogP contribution in [-0.2, 0) is 11.3 Å². The lowest BCUT2D eigenvalue weighted by molar-refractivity contribution is -0.121. The van der Waals surface area contributed by atoms with Gasteiger partial charge in [-0.3, -0.25) is 4.79 Å².